The highest BCUT2D eigenvalue weighted by molar-refractivity contribution is 6.16. The molecule has 1 aliphatic rings. The zero-order chi connectivity index (χ0) is 34.4. The topological polar surface area (TPSA) is 24.7 Å². The third-order valence-corrected chi connectivity index (χ3v) is 9.55. The van der Waals surface area contributed by atoms with E-state index in [0.29, 0.717) is 0 Å². The first kappa shape index (κ1) is 31.9. The van der Waals surface area contributed by atoms with Crippen molar-refractivity contribution in [2.75, 3.05) is 0 Å². The Kier molecular flexibility index (Phi) is 9.13. The van der Waals surface area contributed by atoms with Gasteiger partial charge < -0.3 is 0 Å². The number of aliphatic imine (C=N–C) groups is 2. The van der Waals surface area contributed by atoms with Gasteiger partial charge in [0, 0.05) is 17.5 Å². The second-order valence-electron chi connectivity index (χ2n) is 12.9. The van der Waals surface area contributed by atoms with Crippen molar-refractivity contribution in [3.63, 3.8) is 0 Å². The molecule has 0 aromatic heterocycles. The third kappa shape index (κ3) is 7.04. The van der Waals surface area contributed by atoms with Crippen molar-refractivity contribution in [3.8, 4) is 44.5 Å². The lowest BCUT2D eigenvalue weighted by Gasteiger charge is -2.13. The fourth-order valence-corrected chi connectivity index (χ4v) is 6.85. The van der Waals surface area contributed by atoms with Crippen LogP contribution in [-0.4, -0.2) is 11.5 Å². The predicted octanol–water partition coefficient (Wildman–Crippen LogP) is 12.8. The van der Waals surface area contributed by atoms with E-state index in [9.17, 15) is 0 Å². The van der Waals surface area contributed by atoms with Gasteiger partial charge in [-0.3, -0.25) is 0 Å². The molecule has 0 N–H and O–H groups in total. The second-order valence-corrected chi connectivity index (χ2v) is 12.9. The molecule has 0 aliphatic carbocycles. The van der Waals surface area contributed by atoms with Gasteiger partial charge in [-0.15, -0.1) is 0 Å². The van der Waals surface area contributed by atoms with E-state index in [1.807, 2.05) is 0 Å². The van der Waals surface area contributed by atoms with Crippen LogP contribution in [0.4, 0.5) is 0 Å². The van der Waals surface area contributed by atoms with E-state index in [2.05, 4.69) is 195 Å². The van der Waals surface area contributed by atoms with Crippen molar-refractivity contribution in [1.29, 1.82) is 0 Å². The van der Waals surface area contributed by atoms with Crippen LogP contribution in [0.2, 0.25) is 0 Å². The fraction of sp³-hybridized carbons (Fsp3) is 0.0612. The van der Waals surface area contributed by atoms with Gasteiger partial charge in [0.2, 0.25) is 0 Å². The van der Waals surface area contributed by atoms with E-state index in [1.54, 1.807) is 0 Å². The van der Waals surface area contributed by atoms with Gasteiger partial charge in [-0.25, -0.2) is 9.98 Å². The molecule has 51 heavy (non-hydrogen) atoms. The molecule has 0 fully saturated rings. The molecule has 0 spiro atoms. The Bertz CT molecular complexity index is 2330. The van der Waals surface area contributed by atoms with Gasteiger partial charge in [0.05, 0.1) is 11.4 Å². The predicted molar refractivity (Wildman–Crippen MR) is 216 cm³/mol. The van der Waals surface area contributed by atoms with Crippen LogP contribution in [0.1, 0.15) is 36.5 Å². The van der Waals surface area contributed by atoms with Crippen LogP contribution in [0.25, 0.3) is 50.2 Å². The van der Waals surface area contributed by atoms with Crippen LogP contribution in [0.15, 0.2) is 204 Å². The van der Waals surface area contributed by atoms with Crippen molar-refractivity contribution in [1.82, 2.24) is 0 Å². The summed E-state index contributed by atoms with van der Waals surface area (Å²) >= 11 is 0. The van der Waals surface area contributed by atoms with E-state index in [0.717, 1.165) is 57.9 Å². The number of allylic oxidation sites excluding steroid dienone is 1. The van der Waals surface area contributed by atoms with Crippen LogP contribution in [0, 0.1) is 0 Å². The minimum atomic E-state index is 0.734. The minimum Gasteiger partial charge on any atom is -0.232 e. The average Bonchev–Trinajstić information content (AvgIpc) is 3.42. The Hall–Kier alpha value is -6.38. The first-order valence-corrected chi connectivity index (χ1v) is 17.7. The molecule has 0 unspecified atom stereocenters. The smallest absolute Gasteiger partial charge is 0.160 e. The molecular weight excluding hydrogens is 617 g/mol. The molecular formula is C49H38N2. The quantitative estimate of drug-likeness (QED) is 0.156. The van der Waals surface area contributed by atoms with Crippen LogP contribution in [0.5, 0.6) is 0 Å². The number of nitrogens with zero attached hydrogens (tertiary/aromatic N) is 2. The van der Waals surface area contributed by atoms with Crippen LogP contribution in [-0.2, 0) is 0 Å². The maximum absolute atomic E-state index is 5.33. The number of rotatable bonds is 8. The van der Waals surface area contributed by atoms with E-state index in [1.165, 1.54) is 39.0 Å². The van der Waals surface area contributed by atoms with Crippen molar-refractivity contribution in [2.24, 2.45) is 9.98 Å². The molecule has 0 saturated carbocycles. The van der Waals surface area contributed by atoms with Crippen molar-refractivity contribution < 1.29 is 0 Å². The summed E-state index contributed by atoms with van der Waals surface area (Å²) in [6.07, 6.45) is 1.66. The Labute approximate surface area is 300 Å². The summed E-state index contributed by atoms with van der Waals surface area (Å²) in [5.41, 5.74) is 16.0. The molecule has 2 nitrogen and oxygen atoms in total. The Balaban J connectivity index is 1.22. The molecule has 8 rings (SSSR count). The highest BCUT2D eigenvalue weighted by atomic mass is 14.9. The summed E-state index contributed by atoms with van der Waals surface area (Å²) in [4.78, 5) is 10.6. The molecule has 1 heterocycles. The molecule has 7 aromatic carbocycles. The largest absolute Gasteiger partial charge is 0.232 e. The third-order valence-electron chi connectivity index (χ3n) is 9.55. The zero-order valence-electron chi connectivity index (χ0n) is 28.7. The van der Waals surface area contributed by atoms with Crippen molar-refractivity contribution in [2.45, 2.75) is 19.8 Å². The summed E-state index contributed by atoms with van der Waals surface area (Å²) in [5.74, 6) is 0.734. The van der Waals surface area contributed by atoms with E-state index < -0.39 is 0 Å². The molecule has 2 heteroatoms. The highest BCUT2D eigenvalue weighted by Crippen LogP contribution is 2.35. The summed E-state index contributed by atoms with van der Waals surface area (Å²) in [6.45, 7) is 2.22. The van der Waals surface area contributed by atoms with Crippen LogP contribution >= 0.6 is 0 Å². The number of hydrogen-bond acceptors (Lipinski definition) is 2. The molecule has 0 saturated heterocycles. The lowest BCUT2D eigenvalue weighted by atomic mass is 9.92. The molecule has 7 aromatic rings. The first-order valence-electron chi connectivity index (χ1n) is 17.7. The van der Waals surface area contributed by atoms with Gasteiger partial charge in [-0.2, -0.15) is 0 Å². The highest BCUT2D eigenvalue weighted by Gasteiger charge is 2.19. The second kappa shape index (κ2) is 14.6. The van der Waals surface area contributed by atoms with Gasteiger partial charge in [0.1, 0.15) is 0 Å². The zero-order valence-corrected chi connectivity index (χ0v) is 28.7. The summed E-state index contributed by atoms with van der Waals surface area (Å²) < 4.78 is 0. The summed E-state index contributed by atoms with van der Waals surface area (Å²) in [5, 5.41) is 0. The van der Waals surface area contributed by atoms with E-state index in [4.69, 9.17) is 9.98 Å². The molecule has 0 atom stereocenters. The van der Waals surface area contributed by atoms with Gasteiger partial charge in [-0.1, -0.05) is 165 Å². The minimum absolute atomic E-state index is 0.734. The van der Waals surface area contributed by atoms with Crippen LogP contribution < -0.4 is 0 Å². The monoisotopic (exact) mass is 654 g/mol. The summed E-state index contributed by atoms with van der Waals surface area (Å²) in [7, 11) is 0. The lowest BCUT2D eigenvalue weighted by Crippen LogP contribution is -2.06. The van der Waals surface area contributed by atoms with Gasteiger partial charge in [-0.05, 0) is 92.4 Å². The standard InChI is InChI=1S/C49H38N2/c1-2-35-34-47(38-21-11-5-12-22-38)50-49(51-48(35)39-23-13-6-14-24-39)43-28-16-26-41(30-43)40-25-15-27-42(29-40)46-32-44(36-17-7-3-8-18-36)31-45(33-46)37-19-9-4-10-20-37/h3-33H,2,34H2,1H3. The van der Waals surface area contributed by atoms with Crippen LogP contribution in [0.3, 0.4) is 0 Å². The molecule has 0 amide bonds. The molecule has 1 aliphatic heterocycles. The maximum atomic E-state index is 5.33. The number of amidine groups is 1. The normalized spacial score (nSPS) is 13.0. The van der Waals surface area contributed by atoms with Gasteiger partial charge in [0.15, 0.2) is 5.84 Å². The van der Waals surface area contributed by atoms with Gasteiger partial charge in [0.25, 0.3) is 0 Å². The average molecular weight is 655 g/mol. The molecule has 0 bridgehead atoms. The SMILES string of the molecule is CCC1=C(c2ccccc2)N=C(c2cccc(-c3cccc(-c4cc(-c5ccccc5)cc(-c5ccccc5)c4)c3)c2)N=C(c2ccccc2)C1. The maximum Gasteiger partial charge on any atom is 0.160 e. The summed E-state index contributed by atoms with van der Waals surface area (Å²) in [6, 6.07) is 66.8. The Morgan fingerprint density at radius 1 is 0.353 bits per heavy atom. The number of hydrogen-bond donors (Lipinski definition) is 0. The first-order chi connectivity index (χ1) is 25.2. The Morgan fingerprint density at radius 2 is 0.725 bits per heavy atom. The molecule has 0 radical (unpaired) electrons. The van der Waals surface area contributed by atoms with E-state index in [-0.39, 0.29) is 0 Å². The fourth-order valence-electron chi connectivity index (χ4n) is 6.85. The molecule has 244 valence electrons. The van der Waals surface area contributed by atoms with E-state index >= 15 is 0 Å². The van der Waals surface area contributed by atoms with Crippen molar-refractivity contribution in [3.05, 3.63) is 210 Å². The Morgan fingerprint density at radius 3 is 1.24 bits per heavy atom. The lowest BCUT2D eigenvalue weighted by molar-refractivity contribution is 1.05. The van der Waals surface area contributed by atoms with Gasteiger partial charge >= 0.3 is 0 Å². The van der Waals surface area contributed by atoms with Crippen molar-refractivity contribution >= 4 is 17.2 Å². The number of benzene rings is 7.